The van der Waals surface area contributed by atoms with Crippen molar-refractivity contribution in [3.63, 3.8) is 0 Å². The second-order valence-electron chi connectivity index (χ2n) is 8.44. The van der Waals surface area contributed by atoms with E-state index in [0.29, 0.717) is 64.6 Å². The molecule has 10 heteroatoms. The van der Waals surface area contributed by atoms with Crippen LogP contribution in [0.3, 0.4) is 0 Å². The van der Waals surface area contributed by atoms with Crippen LogP contribution in [-0.4, -0.2) is 52.9 Å². The number of hydrogen-bond acceptors (Lipinski definition) is 6. The maximum atomic E-state index is 13.0. The number of anilines is 1. The molecule has 1 aromatic heterocycles. The summed E-state index contributed by atoms with van der Waals surface area (Å²) >= 11 is 12.9. The quantitative estimate of drug-likeness (QED) is 0.297. The van der Waals surface area contributed by atoms with Crippen LogP contribution in [0.5, 0.6) is 11.5 Å². The minimum Gasteiger partial charge on any atom is -0.486 e. The summed E-state index contributed by atoms with van der Waals surface area (Å²) in [5.41, 5.74) is 2.64. The van der Waals surface area contributed by atoms with Gasteiger partial charge in [-0.05, 0) is 62.3 Å². The van der Waals surface area contributed by atoms with Crippen LogP contribution in [-0.2, 0) is 23.8 Å². The van der Waals surface area contributed by atoms with Gasteiger partial charge in [0.1, 0.15) is 35.6 Å². The van der Waals surface area contributed by atoms with Gasteiger partial charge in [0, 0.05) is 17.7 Å². The fourth-order valence-corrected chi connectivity index (χ4v) is 5.63. The summed E-state index contributed by atoms with van der Waals surface area (Å²) in [6, 6.07) is 11.2. The van der Waals surface area contributed by atoms with Crippen LogP contribution in [0, 0.1) is 0 Å². The van der Waals surface area contributed by atoms with E-state index in [0.717, 1.165) is 43.1 Å². The van der Waals surface area contributed by atoms with Gasteiger partial charge < -0.3 is 18.9 Å². The van der Waals surface area contributed by atoms with Gasteiger partial charge in [0.15, 0.2) is 17.3 Å². The highest BCUT2D eigenvalue weighted by molar-refractivity contribution is 7.86. The molecule has 0 aliphatic carbocycles. The molecular weight excluding hydrogens is 521 g/mol. The van der Waals surface area contributed by atoms with Crippen molar-refractivity contribution in [2.24, 2.45) is 0 Å². The average Bonchev–Trinajstić information content (AvgIpc) is 3.26. The molecule has 0 radical (unpaired) electrons. The zero-order valence-electron chi connectivity index (χ0n) is 20.5. The highest BCUT2D eigenvalue weighted by Crippen LogP contribution is 2.40. The molecule has 1 unspecified atom stereocenters. The normalized spacial score (nSPS) is 13.7. The van der Waals surface area contributed by atoms with Crippen LogP contribution in [0.15, 0.2) is 40.9 Å². The molecule has 36 heavy (non-hydrogen) atoms. The maximum Gasteiger partial charge on any atom is 0.161 e. The molecule has 4 rings (SSSR count). The van der Waals surface area contributed by atoms with Crippen LogP contribution in [0.2, 0.25) is 10.0 Å². The number of hydrogen-bond donors (Lipinski definition) is 1. The number of fused-ring (bicyclic) bond motifs is 1. The van der Waals surface area contributed by atoms with Gasteiger partial charge in [-0.2, -0.15) is 0 Å². The first kappa shape index (κ1) is 26.8. The summed E-state index contributed by atoms with van der Waals surface area (Å²) in [4.78, 5) is 2.31. The number of ether oxygens (including phenoxy) is 2. The molecule has 7 nitrogen and oxygen atoms in total. The predicted octanol–water partition coefficient (Wildman–Crippen LogP) is 6.01. The molecule has 0 amide bonds. The monoisotopic (exact) mass is 551 g/mol. The zero-order chi connectivity index (χ0) is 25.5. The highest BCUT2D eigenvalue weighted by Gasteiger charge is 2.23. The van der Waals surface area contributed by atoms with Crippen molar-refractivity contribution in [3.8, 4) is 22.8 Å². The molecule has 1 N–H and O–H groups in total. The third kappa shape index (κ3) is 6.54. The molecule has 3 aromatic rings. The highest BCUT2D eigenvalue weighted by atomic mass is 35.5. The second kappa shape index (κ2) is 12.8. The van der Waals surface area contributed by atoms with E-state index in [9.17, 15) is 4.21 Å². The lowest BCUT2D eigenvalue weighted by atomic mass is 10.1. The topological polar surface area (TPSA) is 76.8 Å². The third-order valence-electron chi connectivity index (χ3n) is 6.12. The van der Waals surface area contributed by atoms with Crippen LogP contribution >= 0.6 is 23.2 Å². The van der Waals surface area contributed by atoms with Gasteiger partial charge in [0.05, 0.1) is 10.0 Å². The Balaban J connectivity index is 1.54. The number of benzene rings is 2. The van der Waals surface area contributed by atoms with Crippen LogP contribution in [0.1, 0.15) is 31.6 Å². The molecule has 1 atom stereocenters. The van der Waals surface area contributed by atoms with Crippen LogP contribution in [0.4, 0.5) is 5.69 Å². The number of rotatable bonds is 12. The molecule has 0 saturated carbocycles. The van der Waals surface area contributed by atoms with Gasteiger partial charge in [-0.1, -0.05) is 54.3 Å². The predicted molar refractivity (Wildman–Crippen MR) is 146 cm³/mol. The zero-order valence-corrected chi connectivity index (χ0v) is 22.8. The molecule has 194 valence electrons. The molecular formula is C26H31Cl2N3O4S. The van der Waals surface area contributed by atoms with Crippen molar-refractivity contribution in [1.29, 1.82) is 0 Å². The molecule has 0 spiro atoms. The summed E-state index contributed by atoms with van der Waals surface area (Å²) in [5.74, 6) is 2.59. The molecule has 2 aromatic carbocycles. The molecule has 0 fully saturated rings. The van der Waals surface area contributed by atoms with Crippen molar-refractivity contribution >= 4 is 39.9 Å². The Morgan fingerprint density at radius 1 is 1.03 bits per heavy atom. The Labute approximate surface area is 224 Å². The van der Waals surface area contributed by atoms with Gasteiger partial charge in [-0.25, -0.2) is 4.21 Å². The number of aromatic nitrogens is 1. The van der Waals surface area contributed by atoms with E-state index in [1.165, 1.54) is 0 Å². The fraction of sp³-hybridized carbons (Fsp3) is 0.423. The Morgan fingerprint density at radius 2 is 1.75 bits per heavy atom. The van der Waals surface area contributed by atoms with Gasteiger partial charge in [0.2, 0.25) is 0 Å². The minimum absolute atomic E-state index is 0.449. The third-order valence-corrected chi connectivity index (χ3v) is 7.85. The SMILES string of the molecule is CCN(CC)CCCS(=O)Nc1c(-c2c(Cl)cccc2Cl)noc1CCc1ccc2c(c1)OCCO2. The smallest absolute Gasteiger partial charge is 0.161 e. The average molecular weight is 553 g/mol. The van der Waals surface area contributed by atoms with Crippen molar-refractivity contribution in [2.75, 3.05) is 43.3 Å². The molecule has 0 bridgehead atoms. The van der Waals surface area contributed by atoms with Crippen LogP contribution in [0.25, 0.3) is 11.3 Å². The summed E-state index contributed by atoms with van der Waals surface area (Å²) in [6.07, 6.45) is 2.01. The Bertz CT molecular complexity index is 1180. The van der Waals surface area contributed by atoms with Gasteiger partial charge in [0.25, 0.3) is 0 Å². The van der Waals surface area contributed by atoms with Crippen molar-refractivity contribution in [3.05, 3.63) is 57.8 Å². The van der Waals surface area contributed by atoms with Gasteiger partial charge >= 0.3 is 0 Å². The van der Waals surface area contributed by atoms with E-state index < -0.39 is 11.0 Å². The van der Waals surface area contributed by atoms with Crippen molar-refractivity contribution in [1.82, 2.24) is 10.1 Å². The van der Waals surface area contributed by atoms with E-state index >= 15 is 0 Å². The Morgan fingerprint density at radius 3 is 2.47 bits per heavy atom. The van der Waals surface area contributed by atoms with Crippen molar-refractivity contribution in [2.45, 2.75) is 33.1 Å². The van der Waals surface area contributed by atoms with E-state index in [2.05, 4.69) is 28.6 Å². The van der Waals surface area contributed by atoms with Crippen LogP contribution < -0.4 is 14.2 Å². The first-order valence-electron chi connectivity index (χ1n) is 12.2. The van der Waals surface area contributed by atoms with E-state index in [1.807, 2.05) is 18.2 Å². The summed E-state index contributed by atoms with van der Waals surface area (Å²) in [6.45, 7) is 8.19. The van der Waals surface area contributed by atoms with Crippen molar-refractivity contribution < 1.29 is 18.2 Å². The number of nitrogens with zero attached hydrogens (tertiary/aromatic N) is 2. The molecule has 1 aliphatic rings. The summed E-state index contributed by atoms with van der Waals surface area (Å²) < 4.78 is 33.2. The number of halogens is 2. The first-order valence-corrected chi connectivity index (χ1v) is 14.3. The largest absolute Gasteiger partial charge is 0.486 e. The number of aryl methyl sites for hydroxylation is 2. The van der Waals surface area contributed by atoms with Gasteiger partial charge in [-0.15, -0.1) is 0 Å². The Kier molecular flexibility index (Phi) is 9.53. The number of nitrogens with one attached hydrogen (secondary N) is 1. The lowest BCUT2D eigenvalue weighted by Gasteiger charge is -2.18. The van der Waals surface area contributed by atoms with E-state index in [1.54, 1.807) is 18.2 Å². The fourth-order valence-electron chi connectivity index (χ4n) is 4.12. The van der Waals surface area contributed by atoms with E-state index in [4.69, 9.17) is 37.2 Å². The Hall–Kier alpha value is -2.26. The summed E-state index contributed by atoms with van der Waals surface area (Å²) in [7, 11) is -1.33. The second-order valence-corrected chi connectivity index (χ2v) is 10.6. The van der Waals surface area contributed by atoms with E-state index in [-0.39, 0.29) is 0 Å². The first-order chi connectivity index (χ1) is 17.5. The maximum absolute atomic E-state index is 13.0. The molecule has 1 aliphatic heterocycles. The summed E-state index contributed by atoms with van der Waals surface area (Å²) in [5, 5.41) is 5.18. The minimum atomic E-state index is -1.33. The lowest BCUT2D eigenvalue weighted by molar-refractivity contribution is 0.171. The lowest BCUT2D eigenvalue weighted by Crippen LogP contribution is -2.25. The van der Waals surface area contributed by atoms with Gasteiger partial charge in [-0.3, -0.25) is 4.72 Å². The molecule has 2 heterocycles. The standard InChI is InChI=1S/C26H31Cl2N3O4S/c1-3-31(4-2)13-6-16-36(32)30-25-22(35-29-26(25)24-19(27)7-5-8-20(24)28)12-10-18-9-11-21-23(17-18)34-15-14-33-21/h5,7-9,11,17,30H,3-4,6,10,12-16H2,1-2H3. The molecule has 0 saturated heterocycles.